The highest BCUT2D eigenvalue weighted by molar-refractivity contribution is 6.07. The van der Waals surface area contributed by atoms with Crippen LogP contribution in [0.4, 0.5) is 11.5 Å². The first-order valence-corrected chi connectivity index (χ1v) is 9.14. The second-order valence-electron chi connectivity index (χ2n) is 6.91. The van der Waals surface area contributed by atoms with E-state index < -0.39 is 5.54 Å². The minimum absolute atomic E-state index is 0.00564. The normalized spacial score (nSPS) is 21.6. The molecule has 1 aromatic heterocycles. The third kappa shape index (κ3) is 2.78. The van der Waals surface area contributed by atoms with Crippen LogP contribution >= 0.6 is 0 Å². The van der Waals surface area contributed by atoms with Gasteiger partial charge >= 0.3 is 0 Å². The SMILES string of the molecule is CCC12COCCN1c1nc(CC(=O)c3ccccc3)ncc1N(C)C2=O. The van der Waals surface area contributed by atoms with Gasteiger partial charge in [-0.3, -0.25) is 9.59 Å². The number of morpholine rings is 1. The monoisotopic (exact) mass is 366 g/mol. The number of hydrogen-bond acceptors (Lipinski definition) is 6. The molecule has 27 heavy (non-hydrogen) atoms. The van der Waals surface area contributed by atoms with Gasteiger partial charge in [0, 0.05) is 19.2 Å². The van der Waals surface area contributed by atoms with Crippen molar-refractivity contribution in [1.29, 1.82) is 0 Å². The summed E-state index contributed by atoms with van der Waals surface area (Å²) in [5, 5.41) is 0. The van der Waals surface area contributed by atoms with Crippen LogP contribution in [0.15, 0.2) is 36.5 Å². The average molecular weight is 366 g/mol. The predicted octanol–water partition coefficient (Wildman–Crippen LogP) is 1.86. The van der Waals surface area contributed by atoms with E-state index in [1.165, 1.54) is 0 Å². The Hall–Kier alpha value is -2.80. The molecule has 7 nitrogen and oxygen atoms in total. The summed E-state index contributed by atoms with van der Waals surface area (Å²) in [6.07, 6.45) is 2.39. The average Bonchev–Trinajstić information content (AvgIpc) is 2.72. The summed E-state index contributed by atoms with van der Waals surface area (Å²) in [7, 11) is 1.74. The summed E-state index contributed by atoms with van der Waals surface area (Å²) in [5.41, 5.74) is 0.567. The maximum absolute atomic E-state index is 13.0. The van der Waals surface area contributed by atoms with E-state index in [0.717, 1.165) is 0 Å². The number of carbonyl (C=O) groups is 2. The number of nitrogens with zero attached hydrogens (tertiary/aromatic N) is 4. The number of fused-ring (bicyclic) bond motifs is 3. The molecule has 1 unspecified atom stereocenters. The van der Waals surface area contributed by atoms with Crippen LogP contribution < -0.4 is 9.80 Å². The first-order valence-electron chi connectivity index (χ1n) is 9.14. The Morgan fingerprint density at radius 1 is 1.30 bits per heavy atom. The third-order valence-corrected chi connectivity index (χ3v) is 5.44. The molecule has 0 saturated carbocycles. The standard InChI is InChI=1S/C20H22N4O3/c1-3-20-13-27-10-9-24(20)18-15(23(2)19(20)26)12-21-17(22-18)11-16(25)14-7-5-4-6-8-14/h4-8,12H,3,9-11,13H2,1-2H3. The fraction of sp³-hybridized carbons (Fsp3) is 0.400. The summed E-state index contributed by atoms with van der Waals surface area (Å²) in [4.78, 5) is 38.2. The molecular formula is C20H22N4O3. The number of aromatic nitrogens is 2. The van der Waals surface area contributed by atoms with Gasteiger partial charge in [0.2, 0.25) is 0 Å². The summed E-state index contributed by atoms with van der Waals surface area (Å²) in [6.45, 7) is 3.46. The number of ketones is 1. The van der Waals surface area contributed by atoms with Gasteiger partial charge in [-0.25, -0.2) is 9.97 Å². The Balaban J connectivity index is 1.70. The maximum Gasteiger partial charge on any atom is 0.255 e. The Kier molecular flexibility index (Phi) is 4.39. The molecule has 1 amide bonds. The lowest BCUT2D eigenvalue weighted by Crippen LogP contribution is -2.68. The second kappa shape index (κ2) is 6.74. The number of rotatable bonds is 4. The Labute approximate surface area is 158 Å². The van der Waals surface area contributed by atoms with Crippen molar-refractivity contribution in [3.05, 3.63) is 47.9 Å². The Bertz CT molecular complexity index is 886. The van der Waals surface area contributed by atoms with E-state index in [1.54, 1.807) is 30.3 Å². The van der Waals surface area contributed by atoms with Crippen molar-refractivity contribution in [2.75, 3.05) is 36.6 Å². The smallest absolute Gasteiger partial charge is 0.255 e. The van der Waals surface area contributed by atoms with Gasteiger partial charge in [0.1, 0.15) is 17.1 Å². The summed E-state index contributed by atoms with van der Waals surface area (Å²) >= 11 is 0. The number of Topliss-reactive ketones (excluding diaryl/α,β-unsaturated/α-hetero) is 1. The molecule has 7 heteroatoms. The summed E-state index contributed by atoms with van der Waals surface area (Å²) in [5.74, 6) is 1.13. The summed E-state index contributed by atoms with van der Waals surface area (Å²) < 4.78 is 5.63. The minimum Gasteiger partial charge on any atom is -0.377 e. The van der Waals surface area contributed by atoms with E-state index >= 15 is 0 Å². The lowest BCUT2D eigenvalue weighted by molar-refractivity contribution is -0.128. The molecule has 0 N–H and O–H groups in total. The van der Waals surface area contributed by atoms with Crippen LogP contribution in [0.1, 0.15) is 29.5 Å². The number of likely N-dealkylation sites (N-methyl/N-ethyl adjacent to an activating group) is 1. The van der Waals surface area contributed by atoms with E-state index in [1.807, 2.05) is 30.0 Å². The van der Waals surface area contributed by atoms with Crippen LogP contribution in [-0.2, 0) is 16.0 Å². The quantitative estimate of drug-likeness (QED) is 0.769. The first kappa shape index (κ1) is 17.6. The molecule has 1 aromatic carbocycles. The zero-order valence-electron chi connectivity index (χ0n) is 15.5. The van der Waals surface area contributed by atoms with E-state index in [4.69, 9.17) is 4.74 Å². The lowest BCUT2D eigenvalue weighted by atomic mass is 9.89. The molecule has 0 bridgehead atoms. The van der Waals surface area contributed by atoms with Crippen molar-refractivity contribution in [2.24, 2.45) is 0 Å². The summed E-state index contributed by atoms with van der Waals surface area (Å²) in [6, 6.07) is 9.13. The fourth-order valence-electron chi connectivity index (χ4n) is 3.83. The van der Waals surface area contributed by atoms with E-state index in [-0.39, 0.29) is 18.1 Å². The molecule has 2 aromatic rings. The van der Waals surface area contributed by atoms with Gasteiger partial charge in [-0.2, -0.15) is 0 Å². The number of benzene rings is 1. The van der Waals surface area contributed by atoms with Crippen molar-refractivity contribution >= 4 is 23.2 Å². The van der Waals surface area contributed by atoms with Gasteiger partial charge in [0.15, 0.2) is 11.6 Å². The van der Waals surface area contributed by atoms with Crippen LogP contribution in [0.3, 0.4) is 0 Å². The number of amides is 1. The van der Waals surface area contributed by atoms with Gasteiger partial charge in [-0.1, -0.05) is 37.3 Å². The molecular weight excluding hydrogens is 344 g/mol. The van der Waals surface area contributed by atoms with Gasteiger partial charge < -0.3 is 14.5 Å². The van der Waals surface area contributed by atoms with Crippen LogP contribution in [0.2, 0.25) is 0 Å². The Morgan fingerprint density at radius 2 is 2.07 bits per heavy atom. The van der Waals surface area contributed by atoms with Gasteiger partial charge in [0.05, 0.1) is 25.8 Å². The number of hydrogen-bond donors (Lipinski definition) is 0. The molecule has 4 rings (SSSR count). The van der Waals surface area contributed by atoms with Gasteiger partial charge in [0.25, 0.3) is 5.91 Å². The highest BCUT2D eigenvalue weighted by atomic mass is 16.5. The van der Waals surface area contributed by atoms with Crippen molar-refractivity contribution < 1.29 is 14.3 Å². The highest BCUT2D eigenvalue weighted by Crippen LogP contribution is 2.41. The number of anilines is 2. The molecule has 3 heterocycles. The van der Waals surface area contributed by atoms with Crippen LogP contribution in [-0.4, -0.2) is 54.0 Å². The number of carbonyl (C=O) groups excluding carboxylic acids is 2. The van der Waals surface area contributed by atoms with Crippen LogP contribution in [0.25, 0.3) is 0 Å². The molecule has 0 spiro atoms. The van der Waals surface area contributed by atoms with Crippen LogP contribution in [0.5, 0.6) is 0 Å². The molecule has 2 aliphatic rings. The van der Waals surface area contributed by atoms with E-state index in [9.17, 15) is 9.59 Å². The molecule has 2 aliphatic heterocycles. The molecule has 1 saturated heterocycles. The predicted molar refractivity (Wildman–Crippen MR) is 101 cm³/mol. The molecule has 1 fully saturated rings. The zero-order valence-corrected chi connectivity index (χ0v) is 15.5. The first-order chi connectivity index (χ1) is 13.1. The minimum atomic E-state index is -0.741. The Morgan fingerprint density at radius 3 is 2.81 bits per heavy atom. The fourth-order valence-corrected chi connectivity index (χ4v) is 3.83. The molecule has 140 valence electrons. The van der Waals surface area contributed by atoms with Crippen LogP contribution in [0, 0.1) is 0 Å². The van der Waals surface area contributed by atoms with E-state index in [0.29, 0.717) is 49.1 Å². The maximum atomic E-state index is 13.0. The molecule has 1 atom stereocenters. The van der Waals surface area contributed by atoms with Crippen molar-refractivity contribution in [3.8, 4) is 0 Å². The topological polar surface area (TPSA) is 75.6 Å². The number of ether oxygens (including phenoxy) is 1. The molecule has 0 aliphatic carbocycles. The van der Waals surface area contributed by atoms with Gasteiger partial charge in [-0.05, 0) is 6.42 Å². The highest BCUT2D eigenvalue weighted by Gasteiger charge is 2.51. The van der Waals surface area contributed by atoms with Crippen molar-refractivity contribution in [1.82, 2.24) is 9.97 Å². The second-order valence-corrected chi connectivity index (χ2v) is 6.91. The van der Waals surface area contributed by atoms with Crippen molar-refractivity contribution in [3.63, 3.8) is 0 Å². The third-order valence-electron chi connectivity index (χ3n) is 5.44. The van der Waals surface area contributed by atoms with Gasteiger partial charge in [-0.15, -0.1) is 0 Å². The molecule has 0 radical (unpaired) electrons. The zero-order chi connectivity index (χ0) is 19.0. The largest absolute Gasteiger partial charge is 0.377 e. The van der Waals surface area contributed by atoms with Crippen molar-refractivity contribution in [2.45, 2.75) is 25.3 Å². The van der Waals surface area contributed by atoms with E-state index in [2.05, 4.69) is 9.97 Å². The lowest BCUT2D eigenvalue weighted by Gasteiger charge is -2.51.